The van der Waals surface area contributed by atoms with Gasteiger partial charge in [0.1, 0.15) is 5.76 Å². The van der Waals surface area contributed by atoms with E-state index in [1.54, 1.807) is 30.3 Å². The molecule has 0 fully saturated rings. The van der Waals surface area contributed by atoms with E-state index >= 15 is 0 Å². The van der Waals surface area contributed by atoms with Crippen LogP contribution in [0.15, 0.2) is 50.4 Å². The Balaban J connectivity index is 2.20. The van der Waals surface area contributed by atoms with Crippen molar-refractivity contribution in [3.63, 3.8) is 0 Å². The zero-order valence-electron chi connectivity index (χ0n) is 9.68. The monoisotopic (exact) mass is 329 g/mol. The number of rotatable bonds is 4. The van der Waals surface area contributed by atoms with E-state index in [0.29, 0.717) is 16.9 Å². The minimum atomic E-state index is -3.24. The van der Waals surface area contributed by atoms with Gasteiger partial charge >= 0.3 is 0 Å². The molecule has 0 saturated carbocycles. The van der Waals surface area contributed by atoms with Crippen LogP contribution in [0.4, 0.5) is 5.69 Å². The minimum absolute atomic E-state index is 0.288. The van der Waals surface area contributed by atoms with E-state index < -0.39 is 9.84 Å². The normalized spacial score (nSPS) is 11.4. The molecule has 2 rings (SSSR count). The molecule has 0 aliphatic rings. The van der Waals surface area contributed by atoms with Crippen molar-refractivity contribution in [1.29, 1.82) is 0 Å². The summed E-state index contributed by atoms with van der Waals surface area (Å²) in [5.41, 5.74) is 0.576. The summed E-state index contributed by atoms with van der Waals surface area (Å²) >= 11 is 3.21. The quantitative estimate of drug-likeness (QED) is 0.936. The van der Waals surface area contributed by atoms with E-state index in [9.17, 15) is 8.42 Å². The number of para-hydroxylation sites is 1. The van der Waals surface area contributed by atoms with Crippen LogP contribution in [0.25, 0.3) is 0 Å². The van der Waals surface area contributed by atoms with Gasteiger partial charge in [0.15, 0.2) is 14.5 Å². The van der Waals surface area contributed by atoms with Crippen LogP contribution in [0, 0.1) is 0 Å². The Kier molecular flexibility index (Phi) is 3.77. The Morgan fingerprint density at radius 3 is 2.56 bits per heavy atom. The van der Waals surface area contributed by atoms with Crippen LogP contribution in [0.1, 0.15) is 5.76 Å². The second-order valence-electron chi connectivity index (χ2n) is 3.83. The fourth-order valence-corrected chi connectivity index (χ4v) is 2.77. The van der Waals surface area contributed by atoms with Gasteiger partial charge < -0.3 is 9.73 Å². The van der Waals surface area contributed by atoms with Crippen molar-refractivity contribution in [1.82, 2.24) is 0 Å². The molecule has 0 unspecified atom stereocenters. The number of anilines is 1. The fraction of sp³-hybridized carbons (Fsp3) is 0.167. The number of halogens is 1. The zero-order valence-corrected chi connectivity index (χ0v) is 12.1. The first-order valence-corrected chi connectivity index (χ1v) is 7.92. The lowest BCUT2D eigenvalue weighted by Gasteiger charge is -2.09. The van der Waals surface area contributed by atoms with E-state index in [1.807, 2.05) is 6.07 Å². The number of nitrogens with one attached hydrogen (secondary N) is 1. The minimum Gasteiger partial charge on any atom is -0.452 e. The van der Waals surface area contributed by atoms with Crippen molar-refractivity contribution < 1.29 is 12.8 Å². The predicted octanol–water partition coefficient (Wildman–Crippen LogP) is 3.06. The standard InChI is InChI=1S/C12H12BrNO3S/c1-18(15,16)11-5-3-2-4-10(11)14-8-9-6-7-12(13)17-9/h2-7,14H,8H2,1H3. The highest BCUT2D eigenvalue weighted by molar-refractivity contribution is 9.10. The molecule has 1 N–H and O–H groups in total. The molecule has 1 aromatic heterocycles. The molecule has 96 valence electrons. The summed E-state index contributed by atoms with van der Waals surface area (Å²) in [6.45, 7) is 0.429. The lowest BCUT2D eigenvalue weighted by Crippen LogP contribution is -2.05. The largest absolute Gasteiger partial charge is 0.452 e. The summed E-state index contributed by atoms with van der Waals surface area (Å²) in [7, 11) is -3.24. The van der Waals surface area contributed by atoms with E-state index in [2.05, 4.69) is 21.2 Å². The predicted molar refractivity (Wildman–Crippen MR) is 73.3 cm³/mol. The van der Waals surface area contributed by atoms with E-state index in [4.69, 9.17) is 4.42 Å². The highest BCUT2D eigenvalue weighted by atomic mass is 79.9. The molecule has 6 heteroatoms. The average molecular weight is 330 g/mol. The Hall–Kier alpha value is -1.27. The van der Waals surface area contributed by atoms with E-state index in [0.717, 1.165) is 5.76 Å². The van der Waals surface area contributed by atoms with Crippen LogP contribution in [-0.4, -0.2) is 14.7 Å². The fourth-order valence-electron chi connectivity index (χ4n) is 1.57. The third kappa shape index (κ3) is 3.14. The topological polar surface area (TPSA) is 59.3 Å². The highest BCUT2D eigenvalue weighted by Gasteiger charge is 2.12. The zero-order chi connectivity index (χ0) is 13.2. The molecule has 0 aliphatic carbocycles. The van der Waals surface area contributed by atoms with Crippen LogP contribution in [-0.2, 0) is 16.4 Å². The molecule has 0 radical (unpaired) electrons. The van der Waals surface area contributed by atoms with Gasteiger partial charge in [-0.1, -0.05) is 12.1 Å². The second kappa shape index (κ2) is 5.16. The first-order valence-electron chi connectivity index (χ1n) is 5.24. The van der Waals surface area contributed by atoms with Gasteiger partial charge in [-0.15, -0.1) is 0 Å². The molecule has 18 heavy (non-hydrogen) atoms. The summed E-state index contributed by atoms with van der Waals surface area (Å²) in [4.78, 5) is 0.288. The van der Waals surface area contributed by atoms with Crippen LogP contribution in [0.2, 0.25) is 0 Å². The van der Waals surface area contributed by atoms with E-state index in [1.165, 1.54) is 6.26 Å². The van der Waals surface area contributed by atoms with Gasteiger partial charge in [0.2, 0.25) is 0 Å². The van der Waals surface area contributed by atoms with Gasteiger partial charge in [-0.25, -0.2) is 8.42 Å². The van der Waals surface area contributed by atoms with Gasteiger partial charge in [-0.2, -0.15) is 0 Å². The van der Waals surface area contributed by atoms with Crippen LogP contribution >= 0.6 is 15.9 Å². The average Bonchev–Trinajstić information content (AvgIpc) is 2.72. The van der Waals surface area contributed by atoms with Gasteiger partial charge in [-0.05, 0) is 40.2 Å². The summed E-state index contributed by atoms with van der Waals surface area (Å²) in [6.07, 6.45) is 1.19. The Morgan fingerprint density at radius 1 is 1.22 bits per heavy atom. The van der Waals surface area contributed by atoms with Crippen molar-refractivity contribution in [3.8, 4) is 0 Å². The first kappa shape index (κ1) is 13.2. The van der Waals surface area contributed by atoms with Crippen molar-refractivity contribution in [2.24, 2.45) is 0 Å². The molecule has 0 spiro atoms. The maximum Gasteiger partial charge on any atom is 0.177 e. The lowest BCUT2D eigenvalue weighted by atomic mass is 10.3. The smallest absolute Gasteiger partial charge is 0.177 e. The maximum atomic E-state index is 11.6. The van der Waals surface area contributed by atoms with Gasteiger partial charge in [-0.3, -0.25) is 0 Å². The van der Waals surface area contributed by atoms with Gasteiger partial charge in [0, 0.05) is 6.26 Å². The van der Waals surface area contributed by atoms with Crippen LogP contribution in [0.5, 0.6) is 0 Å². The molecule has 0 aliphatic heterocycles. The highest BCUT2D eigenvalue weighted by Crippen LogP contribution is 2.22. The van der Waals surface area contributed by atoms with Crippen molar-refractivity contribution in [2.75, 3.05) is 11.6 Å². The lowest BCUT2D eigenvalue weighted by molar-refractivity contribution is 0.495. The Labute approximate surface area is 114 Å². The molecule has 0 atom stereocenters. The third-order valence-corrected chi connectivity index (χ3v) is 3.95. The molecule has 2 aromatic rings. The molecular formula is C12H12BrNO3S. The number of hydrogen-bond donors (Lipinski definition) is 1. The Bertz CT molecular complexity index is 649. The maximum absolute atomic E-state index is 11.6. The summed E-state index contributed by atoms with van der Waals surface area (Å²) < 4.78 is 29.2. The van der Waals surface area contributed by atoms with E-state index in [-0.39, 0.29) is 4.90 Å². The molecule has 0 amide bonds. The SMILES string of the molecule is CS(=O)(=O)c1ccccc1NCc1ccc(Br)o1. The number of hydrogen-bond acceptors (Lipinski definition) is 4. The van der Waals surface area contributed by atoms with Gasteiger partial charge in [0.25, 0.3) is 0 Å². The molecule has 1 aromatic carbocycles. The van der Waals surface area contributed by atoms with Crippen molar-refractivity contribution in [2.45, 2.75) is 11.4 Å². The van der Waals surface area contributed by atoms with Crippen molar-refractivity contribution >= 4 is 31.5 Å². The van der Waals surface area contributed by atoms with Crippen LogP contribution < -0.4 is 5.32 Å². The second-order valence-corrected chi connectivity index (χ2v) is 6.59. The Morgan fingerprint density at radius 2 is 1.94 bits per heavy atom. The molecule has 4 nitrogen and oxygen atoms in total. The number of benzene rings is 1. The molecule has 0 saturated heterocycles. The molecular weight excluding hydrogens is 318 g/mol. The summed E-state index contributed by atoms with van der Waals surface area (Å²) in [5.74, 6) is 0.727. The molecule has 0 bridgehead atoms. The molecule has 1 heterocycles. The third-order valence-electron chi connectivity index (χ3n) is 2.37. The summed E-state index contributed by atoms with van der Waals surface area (Å²) in [6, 6.07) is 10.4. The van der Waals surface area contributed by atoms with Gasteiger partial charge in [0.05, 0.1) is 17.1 Å². The van der Waals surface area contributed by atoms with Crippen molar-refractivity contribution in [3.05, 3.63) is 46.8 Å². The van der Waals surface area contributed by atoms with Crippen LogP contribution in [0.3, 0.4) is 0 Å². The first-order chi connectivity index (χ1) is 8.47. The summed E-state index contributed by atoms with van der Waals surface area (Å²) in [5, 5.41) is 3.06. The number of sulfone groups is 1. The number of furan rings is 1.